The third-order valence-corrected chi connectivity index (χ3v) is 12.4. The molecule has 0 aliphatic heterocycles. The van der Waals surface area contributed by atoms with Crippen molar-refractivity contribution in [2.45, 2.75) is 106 Å². The molecule has 9 atom stereocenters. The molecule has 5 fully saturated rings. The van der Waals surface area contributed by atoms with E-state index in [1.807, 2.05) is 0 Å². The Morgan fingerprint density at radius 3 is 2.23 bits per heavy atom. The highest BCUT2D eigenvalue weighted by Crippen LogP contribution is 2.73. The number of hydrogen-bond donors (Lipinski definition) is 0. The molecule has 30 heavy (non-hydrogen) atoms. The van der Waals surface area contributed by atoms with Crippen LogP contribution in [0.15, 0.2) is 12.2 Å². The van der Waals surface area contributed by atoms with E-state index in [1.165, 1.54) is 56.9 Å². The minimum Gasteiger partial charge on any atom is -0.299 e. The van der Waals surface area contributed by atoms with Gasteiger partial charge in [-0.15, -0.1) is 0 Å². The minimum absolute atomic E-state index is 0.118. The molecule has 0 N–H and O–H groups in total. The summed E-state index contributed by atoms with van der Waals surface area (Å²) in [6, 6.07) is 0. The zero-order chi connectivity index (χ0) is 21.7. The lowest BCUT2D eigenvalue weighted by molar-refractivity contribution is -0.197. The first-order valence-corrected chi connectivity index (χ1v) is 13.1. The third kappa shape index (κ3) is 2.56. The Bertz CT molecular complexity index is 762. The maximum absolute atomic E-state index is 12.8. The first-order chi connectivity index (χ1) is 13.9. The molecule has 9 unspecified atom stereocenters. The van der Waals surface area contributed by atoms with Crippen LogP contribution >= 0.6 is 0 Å². The van der Waals surface area contributed by atoms with Gasteiger partial charge in [0.1, 0.15) is 5.78 Å². The summed E-state index contributed by atoms with van der Waals surface area (Å²) < 4.78 is 0. The fourth-order valence-corrected chi connectivity index (χ4v) is 11.0. The Labute approximate surface area is 185 Å². The number of rotatable bonds is 1. The van der Waals surface area contributed by atoms with Gasteiger partial charge >= 0.3 is 0 Å². The summed E-state index contributed by atoms with van der Waals surface area (Å²) >= 11 is 0. The number of fused-ring (bicyclic) bond motifs is 7. The van der Waals surface area contributed by atoms with E-state index in [4.69, 9.17) is 0 Å². The molecule has 5 aliphatic rings. The van der Waals surface area contributed by atoms with Crippen LogP contribution in [-0.4, -0.2) is 5.78 Å². The molecule has 5 saturated carbocycles. The number of carbonyl (C=O) groups excluding carboxylic acids is 1. The van der Waals surface area contributed by atoms with Gasteiger partial charge in [-0.25, -0.2) is 0 Å². The highest BCUT2D eigenvalue weighted by molar-refractivity contribution is 5.85. The smallest absolute Gasteiger partial charge is 0.138 e. The van der Waals surface area contributed by atoms with Crippen LogP contribution in [0.5, 0.6) is 0 Å². The molecule has 0 amide bonds. The molecule has 0 saturated heterocycles. The van der Waals surface area contributed by atoms with Crippen molar-refractivity contribution in [2.75, 3.05) is 0 Å². The van der Waals surface area contributed by atoms with Crippen LogP contribution < -0.4 is 0 Å². The number of allylic oxidation sites excluding steroid dienone is 1. The molecule has 0 radical (unpaired) electrons. The summed E-state index contributed by atoms with van der Waals surface area (Å²) in [6.07, 6.45) is 13.1. The first kappa shape index (κ1) is 21.3. The summed E-state index contributed by atoms with van der Waals surface area (Å²) in [7, 11) is 0. The predicted molar refractivity (Wildman–Crippen MR) is 125 cm³/mol. The van der Waals surface area contributed by atoms with Crippen LogP contribution in [0.3, 0.4) is 0 Å². The van der Waals surface area contributed by atoms with Crippen molar-refractivity contribution in [3.05, 3.63) is 12.2 Å². The Morgan fingerprint density at radius 1 is 0.833 bits per heavy atom. The van der Waals surface area contributed by atoms with Gasteiger partial charge in [-0.2, -0.15) is 0 Å². The molecule has 0 bridgehead atoms. The van der Waals surface area contributed by atoms with Crippen molar-refractivity contribution in [1.29, 1.82) is 0 Å². The summed E-state index contributed by atoms with van der Waals surface area (Å²) in [5, 5.41) is 0. The van der Waals surface area contributed by atoms with Crippen molar-refractivity contribution in [2.24, 2.45) is 57.2 Å². The van der Waals surface area contributed by atoms with E-state index in [2.05, 4.69) is 48.1 Å². The van der Waals surface area contributed by atoms with Crippen molar-refractivity contribution in [1.82, 2.24) is 0 Å². The lowest BCUT2D eigenvalue weighted by Gasteiger charge is -2.68. The predicted octanol–water partition coefficient (Wildman–Crippen LogP) is 7.84. The molecule has 5 aliphatic carbocycles. The van der Waals surface area contributed by atoms with Crippen LogP contribution in [0.25, 0.3) is 0 Å². The fraction of sp³-hybridized carbons (Fsp3) is 0.897. The van der Waals surface area contributed by atoms with E-state index in [0.29, 0.717) is 27.9 Å². The summed E-state index contributed by atoms with van der Waals surface area (Å²) in [6.45, 7) is 19.2. The van der Waals surface area contributed by atoms with Gasteiger partial charge in [-0.1, -0.05) is 46.8 Å². The second-order valence-corrected chi connectivity index (χ2v) is 13.9. The molecule has 1 heteroatoms. The highest BCUT2D eigenvalue weighted by atomic mass is 16.1. The maximum Gasteiger partial charge on any atom is 0.138 e. The van der Waals surface area contributed by atoms with Gasteiger partial charge in [0.05, 0.1) is 0 Å². The molecule has 0 aromatic heterocycles. The molecule has 0 aromatic carbocycles. The van der Waals surface area contributed by atoms with Gasteiger partial charge in [-0.05, 0) is 116 Å². The molecule has 168 valence electrons. The van der Waals surface area contributed by atoms with Crippen LogP contribution in [0.1, 0.15) is 106 Å². The van der Waals surface area contributed by atoms with E-state index >= 15 is 0 Å². The molecular weight excluding hydrogens is 364 g/mol. The second kappa shape index (κ2) is 6.48. The van der Waals surface area contributed by atoms with Gasteiger partial charge in [0, 0.05) is 11.8 Å². The Balaban J connectivity index is 1.50. The minimum atomic E-state index is -0.118. The quantitative estimate of drug-likeness (QED) is 0.402. The lowest BCUT2D eigenvalue weighted by Crippen LogP contribution is -2.62. The Kier molecular flexibility index (Phi) is 4.59. The summed E-state index contributed by atoms with van der Waals surface area (Å²) in [4.78, 5) is 12.8. The van der Waals surface area contributed by atoms with Crippen molar-refractivity contribution in [3.63, 3.8) is 0 Å². The normalized spacial score (nSPS) is 54.5. The van der Waals surface area contributed by atoms with Gasteiger partial charge < -0.3 is 0 Å². The molecule has 0 spiro atoms. The zero-order valence-electron chi connectivity index (χ0n) is 20.7. The molecule has 0 aromatic rings. The number of hydrogen-bond acceptors (Lipinski definition) is 1. The summed E-state index contributed by atoms with van der Waals surface area (Å²) in [5.74, 6) is 5.38. The molecule has 5 rings (SSSR count). The largest absolute Gasteiger partial charge is 0.299 e. The van der Waals surface area contributed by atoms with E-state index in [0.717, 1.165) is 42.4 Å². The Hall–Kier alpha value is -0.590. The lowest BCUT2D eigenvalue weighted by atomic mass is 9.36. The van der Waals surface area contributed by atoms with E-state index in [9.17, 15) is 4.79 Å². The monoisotopic (exact) mass is 410 g/mol. The average molecular weight is 411 g/mol. The first-order valence-electron chi connectivity index (χ1n) is 13.1. The average Bonchev–Trinajstić information content (AvgIpc) is 3.03. The molecular formula is C29H46O. The third-order valence-electron chi connectivity index (χ3n) is 12.4. The van der Waals surface area contributed by atoms with Gasteiger partial charge in [0.2, 0.25) is 0 Å². The molecule has 0 heterocycles. The number of ketones is 1. The number of carbonyl (C=O) groups is 1. The van der Waals surface area contributed by atoms with Crippen LogP contribution in [0.4, 0.5) is 0 Å². The second-order valence-electron chi connectivity index (χ2n) is 13.9. The van der Waals surface area contributed by atoms with Crippen LogP contribution in [0, 0.1) is 57.2 Å². The standard InChI is InChI=1S/C29H46O/c1-18(2)19-10-14-27(5)15-11-21-20(25(19)27)8-9-23-28(21,6)16-12-22-26(3,4)24(30)13-17-29(22,23)7/h19-23,25H,1,8-17H2,2-7H3. The van der Waals surface area contributed by atoms with Crippen LogP contribution in [-0.2, 0) is 4.79 Å². The van der Waals surface area contributed by atoms with Crippen molar-refractivity contribution >= 4 is 5.78 Å². The van der Waals surface area contributed by atoms with E-state index in [-0.39, 0.29) is 5.41 Å². The zero-order valence-corrected chi connectivity index (χ0v) is 20.7. The van der Waals surface area contributed by atoms with Crippen molar-refractivity contribution < 1.29 is 4.79 Å². The summed E-state index contributed by atoms with van der Waals surface area (Å²) in [5.41, 5.74) is 2.74. The van der Waals surface area contributed by atoms with E-state index in [1.54, 1.807) is 0 Å². The maximum atomic E-state index is 12.8. The highest BCUT2D eigenvalue weighted by Gasteiger charge is 2.66. The van der Waals surface area contributed by atoms with E-state index < -0.39 is 0 Å². The number of Topliss-reactive ketones (excluding diaryl/α,β-unsaturated/α-hetero) is 1. The molecule has 1 nitrogen and oxygen atoms in total. The fourth-order valence-electron chi connectivity index (χ4n) is 11.0. The van der Waals surface area contributed by atoms with Gasteiger partial charge in [-0.3, -0.25) is 4.79 Å². The van der Waals surface area contributed by atoms with Gasteiger partial charge in [0.15, 0.2) is 0 Å². The van der Waals surface area contributed by atoms with Crippen molar-refractivity contribution in [3.8, 4) is 0 Å². The van der Waals surface area contributed by atoms with Gasteiger partial charge in [0.25, 0.3) is 0 Å². The Morgan fingerprint density at radius 2 is 1.53 bits per heavy atom. The van der Waals surface area contributed by atoms with Crippen LogP contribution in [0.2, 0.25) is 0 Å². The SMILES string of the molecule is C=C(C)C1CCC2(C)CCC3C(CCC4C3(C)CCC3C(C)(C)C(=O)CCC34C)C12. The topological polar surface area (TPSA) is 17.1 Å².